The van der Waals surface area contributed by atoms with Gasteiger partial charge in [-0.2, -0.15) is 0 Å². The topological polar surface area (TPSA) is 96.5 Å². The molecule has 3 N–H and O–H groups in total. The summed E-state index contributed by atoms with van der Waals surface area (Å²) in [5.74, 6) is 0.251. The van der Waals surface area contributed by atoms with Crippen molar-refractivity contribution in [2.24, 2.45) is 0 Å². The van der Waals surface area contributed by atoms with E-state index >= 15 is 0 Å². The van der Waals surface area contributed by atoms with E-state index in [0.717, 1.165) is 19.4 Å². The van der Waals surface area contributed by atoms with Crippen molar-refractivity contribution in [2.45, 2.75) is 36.6 Å². The second kappa shape index (κ2) is 9.22. The van der Waals surface area contributed by atoms with Gasteiger partial charge in [0.15, 0.2) is 0 Å². The molecule has 7 nitrogen and oxygen atoms in total. The molecule has 0 atom stereocenters. The number of anilines is 1. The van der Waals surface area contributed by atoms with E-state index in [0.29, 0.717) is 24.3 Å². The molecule has 0 unspecified atom stereocenters. The van der Waals surface area contributed by atoms with Crippen LogP contribution in [0.25, 0.3) is 0 Å². The van der Waals surface area contributed by atoms with Gasteiger partial charge in [0.2, 0.25) is 15.9 Å². The molecule has 2 rings (SSSR count). The SMILES string of the molecule is CNCCCC(=O)Nc1cc(S(=O)(=O)NC2CC2)ccc1OC.Cl. The van der Waals surface area contributed by atoms with Crippen molar-refractivity contribution in [3.8, 4) is 5.75 Å². The molecule has 0 bridgehead atoms. The summed E-state index contributed by atoms with van der Waals surface area (Å²) >= 11 is 0. The van der Waals surface area contributed by atoms with Gasteiger partial charge in [0.05, 0.1) is 17.7 Å². The van der Waals surface area contributed by atoms with Crippen LogP contribution in [0.3, 0.4) is 0 Å². The summed E-state index contributed by atoms with van der Waals surface area (Å²) in [6.07, 6.45) is 2.78. The first-order valence-electron chi connectivity index (χ1n) is 7.61. The van der Waals surface area contributed by atoms with Crippen molar-refractivity contribution in [3.63, 3.8) is 0 Å². The fraction of sp³-hybridized carbons (Fsp3) is 0.533. The first-order valence-corrected chi connectivity index (χ1v) is 9.09. The number of ether oxygens (including phenoxy) is 1. The van der Waals surface area contributed by atoms with Crippen LogP contribution in [0, 0.1) is 0 Å². The Morgan fingerprint density at radius 2 is 2.04 bits per heavy atom. The van der Waals surface area contributed by atoms with E-state index in [1.807, 2.05) is 7.05 Å². The summed E-state index contributed by atoms with van der Waals surface area (Å²) in [5, 5.41) is 5.69. The molecule has 1 aromatic carbocycles. The minimum Gasteiger partial charge on any atom is -0.495 e. The number of methoxy groups -OCH3 is 1. The van der Waals surface area contributed by atoms with Gasteiger partial charge < -0.3 is 15.4 Å². The Morgan fingerprint density at radius 3 is 2.62 bits per heavy atom. The van der Waals surface area contributed by atoms with Crippen molar-refractivity contribution < 1.29 is 17.9 Å². The molecular formula is C15H24ClN3O4S. The van der Waals surface area contributed by atoms with Crippen LogP contribution >= 0.6 is 12.4 Å². The Hall–Kier alpha value is -1.35. The molecule has 0 saturated heterocycles. The van der Waals surface area contributed by atoms with E-state index < -0.39 is 10.0 Å². The van der Waals surface area contributed by atoms with Gasteiger partial charge in [0.1, 0.15) is 5.75 Å². The van der Waals surface area contributed by atoms with Gasteiger partial charge in [-0.1, -0.05) is 0 Å². The lowest BCUT2D eigenvalue weighted by Crippen LogP contribution is -2.26. The minimum absolute atomic E-state index is 0. The Labute approximate surface area is 149 Å². The summed E-state index contributed by atoms with van der Waals surface area (Å²) in [4.78, 5) is 12.1. The third kappa shape index (κ3) is 5.94. The number of hydrogen-bond donors (Lipinski definition) is 3. The predicted molar refractivity (Wildman–Crippen MR) is 95.4 cm³/mol. The fourth-order valence-electron chi connectivity index (χ4n) is 2.08. The van der Waals surface area contributed by atoms with Gasteiger partial charge in [0.25, 0.3) is 0 Å². The van der Waals surface area contributed by atoms with Crippen molar-refractivity contribution in [1.29, 1.82) is 0 Å². The Bertz CT molecular complexity index is 663. The van der Waals surface area contributed by atoms with Gasteiger partial charge in [-0.15, -0.1) is 12.4 Å². The molecular weight excluding hydrogens is 354 g/mol. The Kier molecular flexibility index (Phi) is 7.95. The summed E-state index contributed by atoms with van der Waals surface area (Å²) in [5.41, 5.74) is 0.362. The Balaban J connectivity index is 0.00000288. The number of benzene rings is 1. The molecule has 0 radical (unpaired) electrons. The van der Waals surface area contributed by atoms with Gasteiger partial charge in [-0.05, 0) is 51.1 Å². The third-order valence-corrected chi connectivity index (χ3v) is 5.00. The van der Waals surface area contributed by atoms with Crippen LogP contribution in [0.2, 0.25) is 0 Å². The molecule has 24 heavy (non-hydrogen) atoms. The van der Waals surface area contributed by atoms with Gasteiger partial charge >= 0.3 is 0 Å². The highest BCUT2D eigenvalue weighted by Gasteiger charge is 2.28. The van der Waals surface area contributed by atoms with Gasteiger partial charge in [0, 0.05) is 12.5 Å². The Morgan fingerprint density at radius 1 is 1.33 bits per heavy atom. The van der Waals surface area contributed by atoms with Crippen LogP contribution in [-0.2, 0) is 14.8 Å². The zero-order valence-electron chi connectivity index (χ0n) is 13.8. The second-order valence-corrected chi connectivity index (χ2v) is 7.23. The number of amides is 1. The summed E-state index contributed by atoms with van der Waals surface area (Å²) in [6, 6.07) is 4.48. The molecule has 0 aliphatic heterocycles. The van der Waals surface area contributed by atoms with Crippen LogP contribution in [0.1, 0.15) is 25.7 Å². The molecule has 1 fully saturated rings. The predicted octanol–water partition coefficient (Wildman–Crippen LogP) is 1.50. The molecule has 0 spiro atoms. The summed E-state index contributed by atoms with van der Waals surface area (Å²) < 4.78 is 32.3. The standard InChI is InChI=1S/C15H23N3O4S.ClH/c1-16-9-3-4-15(19)17-13-10-12(7-8-14(13)22-2)23(20,21)18-11-5-6-11;/h7-8,10-11,16,18H,3-6,9H2,1-2H3,(H,17,19);1H. The monoisotopic (exact) mass is 377 g/mol. The lowest BCUT2D eigenvalue weighted by Gasteiger charge is -2.13. The molecule has 136 valence electrons. The number of halogens is 1. The van der Waals surface area contributed by atoms with E-state index in [4.69, 9.17) is 4.74 Å². The van der Waals surface area contributed by atoms with Crippen LogP contribution in [0.15, 0.2) is 23.1 Å². The van der Waals surface area contributed by atoms with Crippen molar-refractivity contribution in [2.75, 3.05) is 26.0 Å². The van der Waals surface area contributed by atoms with E-state index in [-0.39, 0.29) is 29.3 Å². The highest BCUT2D eigenvalue weighted by Crippen LogP contribution is 2.29. The fourth-order valence-corrected chi connectivity index (χ4v) is 3.41. The van der Waals surface area contributed by atoms with E-state index in [2.05, 4.69) is 15.4 Å². The van der Waals surface area contributed by atoms with Crippen LogP contribution in [-0.4, -0.2) is 41.1 Å². The average molecular weight is 378 g/mol. The quantitative estimate of drug-likeness (QED) is 0.566. The zero-order chi connectivity index (χ0) is 16.9. The van der Waals surface area contributed by atoms with Crippen LogP contribution < -0.4 is 20.1 Å². The summed E-state index contributed by atoms with van der Waals surface area (Å²) in [6.45, 7) is 0.740. The maximum absolute atomic E-state index is 12.3. The zero-order valence-corrected chi connectivity index (χ0v) is 15.4. The molecule has 0 heterocycles. The van der Waals surface area contributed by atoms with E-state index in [1.54, 1.807) is 6.07 Å². The molecule has 1 saturated carbocycles. The smallest absolute Gasteiger partial charge is 0.240 e. The minimum atomic E-state index is -3.57. The first kappa shape index (κ1) is 20.7. The van der Waals surface area contributed by atoms with Crippen molar-refractivity contribution in [1.82, 2.24) is 10.0 Å². The van der Waals surface area contributed by atoms with Crippen molar-refractivity contribution in [3.05, 3.63) is 18.2 Å². The summed E-state index contributed by atoms with van der Waals surface area (Å²) in [7, 11) is -0.272. The number of nitrogens with one attached hydrogen (secondary N) is 3. The number of carbonyl (C=O) groups is 1. The highest BCUT2D eigenvalue weighted by molar-refractivity contribution is 7.89. The molecule has 1 aliphatic rings. The molecule has 1 amide bonds. The van der Waals surface area contributed by atoms with Crippen molar-refractivity contribution >= 4 is 34.0 Å². The number of rotatable bonds is 9. The largest absolute Gasteiger partial charge is 0.495 e. The van der Waals surface area contributed by atoms with Gasteiger partial charge in [-0.3, -0.25) is 4.79 Å². The van der Waals surface area contributed by atoms with E-state index in [1.165, 1.54) is 19.2 Å². The van der Waals surface area contributed by atoms with E-state index in [9.17, 15) is 13.2 Å². The lowest BCUT2D eigenvalue weighted by atomic mass is 10.2. The van der Waals surface area contributed by atoms with Gasteiger partial charge in [-0.25, -0.2) is 13.1 Å². The second-order valence-electron chi connectivity index (χ2n) is 5.51. The number of carbonyl (C=O) groups excluding carboxylic acids is 1. The maximum Gasteiger partial charge on any atom is 0.240 e. The molecule has 0 aromatic heterocycles. The molecule has 1 aliphatic carbocycles. The maximum atomic E-state index is 12.3. The first-order chi connectivity index (χ1) is 11.0. The van der Waals surface area contributed by atoms with Crippen LogP contribution in [0.5, 0.6) is 5.75 Å². The number of hydrogen-bond acceptors (Lipinski definition) is 5. The highest BCUT2D eigenvalue weighted by atomic mass is 35.5. The normalized spacial score (nSPS) is 13.9. The third-order valence-electron chi connectivity index (χ3n) is 3.49. The molecule has 9 heteroatoms. The van der Waals surface area contributed by atoms with Crippen LogP contribution in [0.4, 0.5) is 5.69 Å². The lowest BCUT2D eigenvalue weighted by molar-refractivity contribution is -0.116. The number of sulfonamides is 1. The molecule has 1 aromatic rings. The average Bonchev–Trinajstić information content (AvgIpc) is 3.30.